The van der Waals surface area contributed by atoms with E-state index in [2.05, 4.69) is 251 Å². The van der Waals surface area contributed by atoms with Crippen molar-refractivity contribution in [2.24, 2.45) is 0 Å². The lowest BCUT2D eigenvalue weighted by molar-refractivity contribution is 1.21. The highest BCUT2D eigenvalue weighted by Crippen LogP contribution is 2.50. The molecule has 2 aliphatic rings. The first-order valence-corrected chi connectivity index (χ1v) is 22.9. The van der Waals surface area contributed by atoms with Gasteiger partial charge in [0, 0.05) is 45.4 Å². The van der Waals surface area contributed by atoms with Crippen molar-refractivity contribution in [3.8, 4) is 22.3 Å². The van der Waals surface area contributed by atoms with Crippen LogP contribution in [0.15, 0.2) is 188 Å². The zero-order chi connectivity index (χ0) is 44.5. The van der Waals surface area contributed by atoms with Crippen molar-refractivity contribution in [3.63, 3.8) is 0 Å². The van der Waals surface area contributed by atoms with E-state index in [1.165, 1.54) is 100 Å². The molecule has 0 fully saturated rings. The van der Waals surface area contributed by atoms with Crippen molar-refractivity contribution in [2.75, 3.05) is 14.7 Å². The quantitative estimate of drug-likeness (QED) is 0.148. The fourth-order valence-electron chi connectivity index (χ4n) is 10.3. The van der Waals surface area contributed by atoms with Gasteiger partial charge in [0.05, 0.1) is 11.4 Å². The molecule has 2 heterocycles. The summed E-state index contributed by atoms with van der Waals surface area (Å²) in [4.78, 5) is 7.59. The van der Waals surface area contributed by atoms with Gasteiger partial charge in [0.2, 0.25) is 0 Å². The molecular weight excluding hydrogens is 786 g/mol. The van der Waals surface area contributed by atoms with E-state index in [0.29, 0.717) is 0 Å². The highest BCUT2D eigenvalue weighted by Gasteiger charge is 2.44. The molecule has 0 aliphatic carbocycles. The van der Waals surface area contributed by atoms with E-state index in [9.17, 15) is 0 Å². The third-order valence-corrected chi connectivity index (χ3v) is 13.5. The summed E-state index contributed by atoms with van der Waals surface area (Å²) >= 11 is 0. The average Bonchev–Trinajstić information content (AvgIpc) is 3.31. The van der Waals surface area contributed by atoms with Crippen LogP contribution in [0.5, 0.6) is 0 Å². The Morgan fingerprint density at radius 1 is 0.354 bits per heavy atom. The molecule has 0 saturated carbocycles. The monoisotopic (exact) mass is 837 g/mol. The van der Waals surface area contributed by atoms with Crippen LogP contribution in [0.4, 0.5) is 51.2 Å². The zero-order valence-corrected chi connectivity index (χ0v) is 38.3. The summed E-state index contributed by atoms with van der Waals surface area (Å²) in [5.41, 5.74) is 27.8. The fourth-order valence-corrected chi connectivity index (χ4v) is 10.3. The number of hydrogen-bond acceptors (Lipinski definition) is 3. The molecule has 2 aliphatic heterocycles. The molecular formula is C61H52BN3. The molecule has 0 saturated heterocycles. The Morgan fingerprint density at radius 2 is 0.846 bits per heavy atom. The van der Waals surface area contributed by atoms with Crippen molar-refractivity contribution < 1.29 is 0 Å². The summed E-state index contributed by atoms with van der Waals surface area (Å²) in [5, 5.41) is 0. The molecule has 0 radical (unpaired) electrons. The summed E-state index contributed by atoms with van der Waals surface area (Å²) in [5.74, 6) is 0. The van der Waals surface area contributed by atoms with Gasteiger partial charge in [-0.1, -0.05) is 155 Å². The van der Waals surface area contributed by atoms with Gasteiger partial charge < -0.3 is 14.7 Å². The predicted molar refractivity (Wildman–Crippen MR) is 279 cm³/mol. The molecule has 3 nitrogen and oxygen atoms in total. The van der Waals surface area contributed by atoms with Crippen molar-refractivity contribution >= 4 is 74.3 Å². The average molecular weight is 838 g/mol. The van der Waals surface area contributed by atoms with Gasteiger partial charge in [0.25, 0.3) is 6.71 Å². The van der Waals surface area contributed by atoms with E-state index in [0.717, 1.165) is 28.4 Å². The van der Waals surface area contributed by atoms with Crippen LogP contribution in [0.1, 0.15) is 38.9 Å². The van der Waals surface area contributed by atoms with Gasteiger partial charge in [-0.3, -0.25) is 0 Å². The minimum atomic E-state index is 0.00443. The molecule has 0 bridgehead atoms. The molecule has 0 spiro atoms. The van der Waals surface area contributed by atoms with E-state index in [-0.39, 0.29) is 6.71 Å². The lowest BCUT2D eigenvalue weighted by Crippen LogP contribution is -2.61. The van der Waals surface area contributed by atoms with Gasteiger partial charge in [0.1, 0.15) is 0 Å². The number of fused-ring (bicyclic) bond motifs is 4. The molecule has 0 unspecified atom stereocenters. The normalized spacial score (nSPS) is 12.4. The van der Waals surface area contributed by atoms with E-state index in [4.69, 9.17) is 0 Å². The van der Waals surface area contributed by atoms with Crippen molar-refractivity contribution in [2.45, 2.75) is 48.5 Å². The van der Waals surface area contributed by atoms with E-state index in [1.54, 1.807) is 0 Å². The first kappa shape index (κ1) is 40.2. The van der Waals surface area contributed by atoms with E-state index < -0.39 is 0 Å². The molecule has 9 aromatic carbocycles. The van der Waals surface area contributed by atoms with Gasteiger partial charge in [0.15, 0.2) is 0 Å². The Hall–Kier alpha value is -7.56. The molecule has 314 valence electrons. The third kappa shape index (κ3) is 7.01. The van der Waals surface area contributed by atoms with Gasteiger partial charge in [-0.25, -0.2) is 0 Å². The second kappa shape index (κ2) is 15.9. The maximum absolute atomic E-state index is 2.58. The second-order valence-electron chi connectivity index (χ2n) is 18.4. The highest BCUT2D eigenvalue weighted by molar-refractivity contribution is 7.00. The molecule has 0 amide bonds. The predicted octanol–water partition coefficient (Wildman–Crippen LogP) is 14.7. The maximum Gasteiger partial charge on any atom is 0.252 e. The summed E-state index contributed by atoms with van der Waals surface area (Å²) in [6.45, 7) is 15.4. The molecule has 9 aromatic rings. The summed E-state index contributed by atoms with van der Waals surface area (Å²) in [6, 6.07) is 70.8. The van der Waals surface area contributed by atoms with Crippen molar-refractivity contribution in [1.29, 1.82) is 0 Å². The second-order valence-corrected chi connectivity index (χ2v) is 18.4. The van der Waals surface area contributed by atoms with Crippen LogP contribution >= 0.6 is 0 Å². The largest absolute Gasteiger partial charge is 0.311 e. The SMILES string of the molecule is Cc1ccc(-c2cc(C)ccc2N2c3ccc(C)cc3B3c4cc(C)ccc4N(c4ccc(C)cc4)c4cc(N(c5ccc(-c6ccccc6)cc5)c5ccc(C)cc5C)cc2c43)cc1. The van der Waals surface area contributed by atoms with Gasteiger partial charge in [-0.2, -0.15) is 0 Å². The van der Waals surface area contributed by atoms with Crippen LogP contribution in [0.3, 0.4) is 0 Å². The van der Waals surface area contributed by atoms with Gasteiger partial charge >= 0.3 is 0 Å². The van der Waals surface area contributed by atoms with Crippen LogP contribution in [-0.4, -0.2) is 6.71 Å². The van der Waals surface area contributed by atoms with E-state index in [1.807, 2.05) is 0 Å². The van der Waals surface area contributed by atoms with Crippen LogP contribution in [0.2, 0.25) is 0 Å². The molecule has 4 heteroatoms. The van der Waals surface area contributed by atoms with Crippen LogP contribution in [-0.2, 0) is 0 Å². The Morgan fingerprint density at radius 3 is 1.48 bits per heavy atom. The summed E-state index contributed by atoms with van der Waals surface area (Å²) in [7, 11) is 0. The lowest BCUT2D eigenvalue weighted by atomic mass is 9.33. The van der Waals surface area contributed by atoms with Crippen LogP contribution in [0, 0.1) is 48.5 Å². The molecule has 11 rings (SSSR count). The fraction of sp³-hybridized carbons (Fsp3) is 0.115. The van der Waals surface area contributed by atoms with Gasteiger partial charge in [-0.15, -0.1) is 0 Å². The standard InChI is InChI=1S/C61H52BN3/c1-39-13-21-48(22-14-39)52-34-42(4)18-30-56(52)65-58-32-20-44(6)36-54(58)62-53-35-43(5)19-31-57(53)64(50-25-15-40(2)16-26-50)59-37-51(38-60(65)61(59)62)63(55-29-17-41(3)33-45(55)7)49-27-23-47(24-28-49)46-11-9-8-10-12-46/h8-38H,1-7H3. The first-order chi connectivity index (χ1) is 31.6. The number of aryl methyl sites for hydroxylation is 7. The van der Waals surface area contributed by atoms with Crippen LogP contribution in [0.25, 0.3) is 22.3 Å². The Balaban J connectivity index is 1.26. The molecule has 65 heavy (non-hydrogen) atoms. The smallest absolute Gasteiger partial charge is 0.252 e. The molecule has 0 atom stereocenters. The number of anilines is 9. The van der Waals surface area contributed by atoms with E-state index >= 15 is 0 Å². The summed E-state index contributed by atoms with van der Waals surface area (Å²) in [6.07, 6.45) is 0. The molecule has 0 N–H and O–H groups in total. The van der Waals surface area contributed by atoms with Crippen LogP contribution < -0.4 is 31.1 Å². The van der Waals surface area contributed by atoms with Gasteiger partial charge in [-0.05, 0) is 154 Å². The third-order valence-electron chi connectivity index (χ3n) is 13.5. The number of nitrogens with zero attached hydrogens (tertiary/aromatic N) is 3. The first-order valence-electron chi connectivity index (χ1n) is 22.9. The molecule has 0 aromatic heterocycles. The highest BCUT2D eigenvalue weighted by atomic mass is 15.2. The summed E-state index contributed by atoms with van der Waals surface area (Å²) < 4.78 is 0. The Labute approximate surface area is 385 Å². The topological polar surface area (TPSA) is 9.72 Å². The number of hydrogen-bond donors (Lipinski definition) is 0. The number of rotatable bonds is 7. The van der Waals surface area contributed by atoms with Crippen molar-refractivity contribution in [1.82, 2.24) is 0 Å². The zero-order valence-electron chi connectivity index (χ0n) is 38.3. The van der Waals surface area contributed by atoms with Crippen molar-refractivity contribution in [3.05, 3.63) is 227 Å². The maximum atomic E-state index is 2.58. The Bertz CT molecular complexity index is 3280. The number of benzene rings is 9. The minimum Gasteiger partial charge on any atom is -0.311 e. The lowest BCUT2D eigenvalue weighted by Gasteiger charge is -2.45. The Kier molecular flexibility index (Phi) is 9.85. The minimum absolute atomic E-state index is 0.00443.